The highest BCUT2D eigenvalue weighted by Crippen LogP contribution is 2.50. The van der Waals surface area contributed by atoms with Crippen molar-refractivity contribution in [3.05, 3.63) is 58.4 Å². The number of thioether (sulfide) groups is 1. The number of aromatic nitrogens is 4. The fourth-order valence-electron chi connectivity index (χ4n) is 4.48. The molecule has 1 aliphatic rings. The molecule has 1 aromatic heterocycles. The number of amides is 1. The molecule has 0 saturated carbocycles. The van der Waals surface area contributed by atoms with E-state index in [0.29, 0.717) is 41.9 Å². The van der Waals surface area contributed by atoms with Crippen LogP contribution in [0.2, 0.25) is 5.02 Å². The zero-order chi connectivity index (χ0) is 27.4. The third-order valence-electron chi connectivity index (χ3n) is 6.17. The predicted molar refractivity (Wildman–Crippen MR) is 148 cm³/mol. The molecule has 9 nitrogen and oxygen atoms in total. The van der Waals surface area contributed by atoms with Crippen molar-refractivity contribution in [1.82, 2.24) is 20.2 Å². The van der Waals surface area contributed by atoms with Crippen LogP contribution < -0.4 is 14.4 Å². The average Bonchev–Trinajstić information content (AvgIpc) is 3.30. The number of aryl methyl sites for hydroxylation is 1. The minimum absolute atomic E-state index is 0.0293. The summed E-state index contributed by atoms with van der Waals surface area (Å²) < 4.78 is 12.8. The number of carbonyl (C=O) groups is 1. The van der Waals surface area contributed by atoms with Crippen molar-refractivity contribution >= 4 is 35.0 Å². The lowest BCUT2D eigenvalue weighted by Crippen LogP contribution is -2.43. The summed E-state index contributed by atoms with van der Waals surface area (Å²) in [7, 11) is 3.23. The zero-order valence-electron chi connectivity index (χ0n) is 22.1. The first-order chi connectivity index (χ1) is 18.1. The number of nitrogens with zero attached hydrogens (tertiary/aromatic N) is 6. The summed E-state index contributed by atoms with van der Waals surface area (Å²) in [6.45, 7) is 7.20. The molecular weight excluding hydrogens is 524 g/mol. The third-order valence-corrected chi connectivity index (χ3v) is 7.88. The Morgan fingerprint density at radius 2 is 1.92 bits per heavy atom. The first kappa shape index (κ1) is 27.7. The summed E-state index contributed by atoms with van der Waals surface area (Å²) in [5.74, 6) is 1.86. The van der Waals surface area contributed by atoms with E-state index in [1.54, 1.807) is 18.9 Å². The first-order valence-corrected chi connectivity index (χ1v) is 13.6. The minimum Gasteiger partial charge on any atom is -0.497 e. The Kier molecular flexibility index (Phi) is 8.48. The molecule has 1 aliphatic heterocycles. The number of benzene rings is 2. The van der Waals surface area contributed by atoms with Gasteiger partial charge in [0.15, 0.2) is 5.82 Å². The maximum atomic E-state index is 14.2. The maximum Gasteiger partial charge on any atom is 0.240 e. The van der Waals surface area contributed by atoms with Gasteiger partial charge in [0, 0.05) is 35.3 Å². The van der Waals surface area contributed by atoms with Gasteiger partial charge in [-0.05, 0) is 45.7 Å². The van der Waals surface area contributed by atoms with Gasteiger partial charge in [0.1, 0.15) is 11.5 Å². The average molecular weight is 555 g/mol. The Morgan fingerprint density at radius 1 is 1.13 bits per heavy atom. The Hall–Kier alpha value is -3.29. The maximum absolute atomic E-state index is 14.2. The van der Waals surface area contributed by atoms with Crippen molar-refractivity contribution in [2.75, 3.05) is 25.7 Å². The molecule has 2 aromatic carbocycles. The second kappa shape index (κ2) is 11.6. The Bertz CT molecular complexity index is 1350. The number of halogens is 1. The molecule has 0 fully saturated rings. The molecule has 0 saturated heterocycles. The molecule has 38 heavy (non-hydrogen) atoms. The highest BCUT2D eigenvalue weighted by Gasteiger charge is 2.39. The number of tetrazole rings is 1. The monoisotopic (exact) mass is 554 g/mol. The Balaban J connectivity index is 1.86. The quantitative estimate of drug-likeness (QED) is 0.379. The number of methoxy groups -OCH3 is 2. The van der Waals surface area contributed by atoms with Crippen LogP contribution in [-0.2, 0) is 17.8 Å². The smallest absolute Gasteiger partial charge is 0.240 e. The molecule has 11 heteroatoms. The van der Waals surface area contributed by atoms with Gasteiger partial charge < -0.3 is 14.4 Å². The van der Waals surface area contributed by atoms with E-state index >= 15 is 0 Å². The van der Waals surface area contributed by atoms with Crippen LogP contribution in [0.4, 0.5) is 5.69 Å². The molecule has 200 valence electrons. The lowest BCUT2D eigenvalue weighted by Gasteiger charge is -2.31. The first-order valence-electron chi connectivity index (χ1n) is 12.3. The normalized spacial score (nSPS) is 17.5. The van der Waals surface area contributed by atoms with Crippen LogP contribution in [0.15, 0.2) is 36.4 Å². The lowest BCUT2D eigenvalue weighted by molar-refractivity contribution is -0.118. The van der Waals surface area contributed by atoms with Crippen LogP contribution in [-0.4, -0.2) is 52.1 Å². The number of carbonyl (C=O) groups excluding carboxylic acids is 1. The van der Waals surface area contributed by atoms with Crippen molar-refractivity contribution < 1.29 is 14.3 Å². The van der Waals surface area contributed by atoms with Crippen LogP contribution in [0.5, 0.6) is 11.5 Å². The topological polar surface area (TPSA) is 106 Å². The van der Waals surface area contributed by atoms with Crippen molar-refractivity contribution in [3.63, 3.8) is 0 Å². The molecule has 3 aromatic rings. The van der Waals surface area contributed by atoms with Crippen LogP contribution >= 0.6 is 23.4 Å². The van der Waals surface area contributed by atoms with E-state index in [0.717, 1.165) is 16.8 Å². The van der Waals surface area contributed by atoms with Crippen molar-refractivity contribution in [2.24, 2.45) is 5.41 Å². The number of ether oxygens (including phenoxy) is 2. The molecule has 2 unspecified atom stereocenters. The lowest BCUT2D eigenvalue weighted by atomic mass is 9.94. The molecule has 2 heterocycles. The van der Waals surface area contributed by atoms with Gasteiger partial charge in [0.2, 0.25) is 5.91 Å². The largest absolute Gasteiger partial charge is 0.497 e. The molecule has 0 radical (unpaired) electrons. The zero-order valence-corrected chi connectivity index (χ0v) is 23.7. The van der Waals surface area contributed by atoms with E-state index in [1.807, 2.05) is 41.3 Å². The minimum atomic E-state index is -0.507. The van der Waals surface area contributed by atoms with Crippen LogP contribution in [0.3, 0.4) is 0 Å². The van der Waals surface area contributed by atoms with E-state index in [1.165, 1.54) is 11.8 Å². The molecule has 4 rings (SSSR count). The second-order valence-corrected chi connectivity index (χ2v) is 12.0. The van der Waals surface area contributed by atoms with Crippen molar-refractivity contribution in [1.29, 1.82) is 5.26 Å². The summed E-state index contributed by atoms with van der Waals surface area (Å²) in [6, 6.07) is 13.5. The van der Waals surface area contributed by atoms with Crippen LogP contribution in [0.25, 0.3) is 0 Å². The summed E-state index contributed by atoms with van der Waals surface area (Å²) in [5, 5.41) is 20.9. The van der Waals surface area contributed by atoms with E-state index in [-0.39, 0.29) is 23.0 Å². The van der Waals surface area contributed by atoms with Gasteiger partial charge in [-0.1, -0.05) is 38.4 Å². The second-order valence-electron chi connectivity index (χ2n) is 10.2. The summed E-state index contributed by atoms with van der Waals surface area (Å²) in [4.78, 5) is 16.1. The number of anilines is 1. The number of nitriles is 1. The van der Waals surface area contributed by atoms with Crippen molar-refractivity contribution in [2.45, 2.75) is 50.7 Å². The van der Waals surface area contributed by atoms with Gasteiger partial charge in [0.05, 0.1) is 43.8 Å². The number of hydrogen-bond donors (Lipinski definition) is 0. The Morgan fingerprint density at radius 3 is 2.61 bits per heavy atom. The Labute approximate surface area is 232 Å². The molecule has 2 atom stereocenters. The summed E-state index contributed by atoms with van der Waals surface area (Å²) >= 11 is 8.05. The van der Waals surface area contributed by atoms with E-state index < -0.39 is 5.25 Å². The highest BCUT2D eigenvalue weighted by atomic mass is 35.5. The van der Waals surface area contributed by atoms with E-state index in [2.05, 4.69) is 42.4 Å². The van der Waals surface area contributed by atoms with Crippen molar-refractivity contribution in [3.8, 4) is 17.6 Å². The number of hydrogen-bond acceptors (Lipinski definition) is 8. The molecule has 0 N–H and O–H groups in total. The summed E-state index contributed by atoms with van der Waals surface area (Å²) in [6.07, 6.45) is 0.578. The summed E-state index contributed by atoms with van der Waals surface area (Å²) in [5.41, 5.74) is 2.49. The standard InChI is InChI=1S/C27H31ClN6O3S/c1-27(2,3)16-33-21-10-7-17(28)13-20(21)25(19-9-8-18(36-4)14-22(19)37-5)38-23(26(33)35)15-24-30-31-32-34(24)12-6-11-29/h7-10,13-14,23,25H,6,12,15-16H2,1-5H3. The van der Waals surface area contributed by atoms with Gasteiger partial charge >= 0.3 is 0 Å². The number of rotatable bonds is 8. The van der Waals surface area contributed by atoms with Crippen LogP contribution in [0.1, 0.15) is 49.4 Å². The highest BCUT2D eigenvalue weighted by molar-refractivity contribution is 8.01. The van der Waals surface area contributed by atoms with Gasteiger partial charge in [-0.25, -0.2) is 4.68 Å². The van der Waals surface area contributed by atoms with E-state index in [9.17, 15) is 4.79 Å². The fourth-order valence-corrected chi connectivity index (χ4v) is 6.16. The molecule has 0 spiro atoms. The molecular formula is C27H31ClN6O3S. The third kappa shape index (κ3) is 6.05. The van der Waals surface area contributed by atoms with Crippen LogP contribution in [0, 0.1) is 16.7 Å². The van der Waals surface area contributed by atoms with Gasteiger partial charge in [-0.2, -0.15) is 5.26 Å². The van der Waals surface area contributed by atoms with Gasteiger partial charge in [0.25, 0.3) is 0 Å². The molecule has 0 aliphatic carbocycles. The van der Waals surface area contributed by atoms with E-state index in [4.69, 9.17) is 26.3 Å². The fraction of sp³-hybridized carbons (Fsp3) is 0.444. The molecule has 0 bridgehead atoms. The molecule has 1 amide bonds. The predicted octanol–water partition coefficient (Wildman–Crippen LogP) is 5.08. The van der Waals surface area contributed by atoms with Gasteiger partial charge in [-0.3, -0.25) is 4.79 Å². The number of fused-ring (bicyclic) bond motifs is 1. The SMILES string of the molecule is COc1ccc(C2SC(Cc3nnnn3CCC#N)C(=O)N(CC(C)(C)C)c3ccc(Cl)cc32)c(OC)c1. The van der Waals surface area contributed by atoms with Gasteiger partial charge in [-0.15, -0.1) is 16.9 Å².